The molecule has 2 rings (SSSR count). The van der Waals surface area contributed by atoms with Crippen LogP contribution in [-0.2, 0) is 9.84 Å². The van der Waals surface area contributed by atoms with Crippen LogP contribution >= 0.6 is 0 Å². The minimum atomic E-state index is -3.47. The van der Waals surface area contributed by atoms with Gasteiger partial charge in [0, 0.05) is 19.1 Å². The summed E-state index contributed by atoms with van der Waals surface area (Å²) in [7, 11) is -1.64. The number of likely N-dealkylation sites (tertiary alicyclic amines) is 1. The van der Waals surface area contributed by atoms with Crippen LogP contribution in [0.5, 0.6) is 0 Å². The first-order valence-electron chi connectivity index (χ1n) is 7.38. The van der Waals surface area contributed by atoms with Gasteiger partial charge in [0.15, 0.2) is 9.84 Å². The van der Waals surface area contributed by atoms with Gasteiger partial charge in [-0.05, 0) is 38.1 Å². The van der Waals surface area contributed by atoms with Gasteiger partial charge in [0.05, 0.1) is 16.2 Å². The van der Waals surface area contributed by atoms with E-state index in [0.29, 0.717) is 13.1 Å². The highest BCUT2D eigenvalue weighted by atomic mass is 32.2. The molecule has 22 heavy (non-hydrogen) atoms. The lowest BCUT2D eigenvalue weighted by atomic mass is 10.0. The molecule has 0 saturated carbocycles. The fraction of sp³-hybridized carbons (Fsp3) is 0.533. The van der Waals surface area contributed by atoms with Crippen LogP contribution in [0.3, 0.4) is 0 Å². The van der Waals surface area contributed by atoms with Gasteiger partial charge < -0.3 is 10.2 Å². The Balaban J connectivity index is 2.31. The van der Waals surface area contributed by atoms with Crippen LogP contribution in [0.4, 0.5) is 4.39 Å². The van der Waals surface area contributed by atoms with Crippen molar-refractivity contribution in [3.63, 3.8) is 0 Å². The van der Waals surface area contributed by atoms with Crippen LogP contribution in [0, 0.1) is 5.82 Å². The molecule has 1 amide bonds. The van der Waals surface area contributed by atoms with Crippen molar-refractivity contribution in [1.82, 2.24) is 10.2 Å². The highest BCUT2D eigenvalue weighted by Gasteiger charge is 2.26. The van der Waals surface area contributed by atoms with Crippen molar-refractivity contribution in [3.05, 3.63) is 29.6 Å². The Kier molecular flexibility index (Phi) is 5.18. The number of hydrogen-bond acceptors (Lipinski definition) is 4. The molecule has 1 fully saturated rings. The Morgan fingerprint density at radius 1 is 1.45 bits per heavy atom. The summed E-state index contributed by atoms with van der Waals surface area (Å²) in [6.45, 7) is 2.57. The van der Waals surface area contributed by atoms with Crippen molar-refractivity contribution >= 4 is 15.7 Å². The maximum absolute atomic E-state index is 14.0. The van der Waals surface area contributed by atoms with Crippen LogP contribution in [0.2, 0.25) is 0 Å². The third-order valence-corrected chi connectivity index (χ3v) is 5.76. The highest BCUT2D eigenvalue weighted by molar-refractivity contribution is 7.91. The summed E-state index contributed by atoms with van der Waals surface area (Å²) in [4.78, 5) is 14.1. The molecule has 0 radical (unpaired) electrons. The Bertz CT molecular complexity index is 661. The summed E-state index contributed by atoms with van der Waals surface area (Å²) in [5.41, 5.74) is -0.175. The van der Waals surface area contributed by atoms with Crippen LogP contribution in [0.15, 0.2) is 23.1 Å². The second-order valence-electron chi connectivity index (χ2n) is 5.42. The third-order valence-electron chi connectivity index (χ3n) is 4.02. The topological polar surface area (TPSA) is 66.5 Å². The van der Waals surface area contributed by atoms with E-state index < -0.39 is 21.6 Å². The molecule has 1 aromatic rings. The molecule has 122 valence electrons. The number of nitrogens with one attached hydrogen (secondary N) is 1. The predicted octanol–water partition coefficient (Wildman–Crippen LogP) is 1.44. The summed E-state index contributed by atoms with van der Waals surface area (Å²) in [5, 5.41) is 3.12. The van der Waals surface area contributed by atoms with E-state index in [-0.39, 0.29) is 22.3 Å². The average Bonchev–Trinajstić information content (AvgIpc) is 2.54. The zero-order chi connectivity index (χ0) is 16.3. The van der Waals surface area contributed by atoms with Crippen LogP contribution in [0.25, 0.3) is 0 Å². The number of sulfone groups is 1. The summed E-state index contributed by atoms with van der Waals surface area (Å²) >= 11 is 0. The normalized spacial score (nSPS) is 19.2. The molecule has 1 aromatic carbocycles. The quantitative estimate of drug-likeness (QED) is 0.850. The molecule has 5 nitrogen and oxygen atoms in total. The van der Waals surface area contributed by atoms with Gasteiger partial charge in [-0.1, -0.05) is 6.92 Å². The number of benzene rings is 1. The lowest BCUT2D eigenvalue weighted by Gasteiger charge is -2.32. The molecule has 1 N–H and O–H groups in total. The van der Waals surface area contributed by atoms with Crippen molar-refractivity contribution in [3.8, 4) is 0 Å². The average molecular weight is 328 g/mol. The minimum Gasteiger partial charge on any atom is -0.337 e. The molecule has 1 aliphatic rings. The molecule has 7 heteroatoms. The highest BCUT2D eigenvalue weighted by Crippen LogP contribution is 2.20. The predicted molar refractivity (Wildman–Crippen MR) is 82.1 cm³/mol. The van der Waals surface area contributed by atoms with Crippen molar-refractivity contribution in [2.45, 2.75) is 30.7 Å². The maximum Gasteiger partial charge on any atom is 0.256 e. The van der Waals surface area contributed by atoms with Gasteiger partial charge in [-0.15, -0.1) is 0 Å². The molecule has 1 atom stereocenters. The van der Waals surface area contributed by atoms with Crippen molar-refractivity contribution in [1.29, 1.82) is 0 Å². The molecule has 0 aliphatic carbocycles. The fourth-order valence-electron chi connectivity index (χ4n) is 2.60. The first kappa shape index (κ1) is 16.9. The maximum atomic E-state index is 14.0. The number of nitrogens with zero attached hydrogens (tertiary/aromatic N) is 1. The Morgan fingerprint density at radius 3 is 2.82 bits per heavy atom. The van der Waals surface area contributed by atoms with Gasteiger partial charge in [0.1, 0.15) is 5.82 Å². The summed E-state index contributed by atoms with van der Waals surface area (Å²) in [6.07, 6.45) is 1.80. The molecule has 0 spiro atoms. The van der Waals surface area contributed by atoms with Crippen LogP contribution in [0.1, 0.15) is 30.1 Å². The molecule has 1 heterocycles. The lowest BCUT2D eigenvalue weighted by Crippen LogP contribution is -2.47. The van der Waals surface area contributed by atoms with E-state index in [4.69, 9.17) is 0 Å². The largest absolute Gasteiger partial charge is 0.337 e. The van der Waals surface area contributed by atoms with Crippen LogP contribution < -0.4 is 5.32 Å². The Morgan fingerprint density at radius 2 is 2.18 bits per heavy atom. The van der Waals surface area contributed by atoms with E-state index >= 15 is 0 Å². The number of likely N-dealkylation sites (N-methyl/N-ethyl adjacent to an activating group) is 1. The molecular weight excluding hydrogens is 307 g/mol. The monoisotopic (exact) mass is 328 g/mol. The first-order chi connectivity index (χ1) is 10.4. The van der Waals surface area contributed by atoms with Gasteiger partial charge >= 0.3 is 0 Å². The number of hydrogen-bond donors (Lipinski definition) is 1. The Labute approximate surface area is 130 Å². The van der Waals surface area contributed by atoms with Gasteiger partial charge in [-0.25, -0.2) is 12.8 Å². The number of carbonyl (C=O) groups is 1. The van der Waals surface area contributed by atoms with E-state index in [2.05, 4.69) is 5.32 Å². The standard InChI is InChI=1S/C15H21FN2O3S/c1-3-22(20,21)12-6-7-14(16)13(9-12)15(19)18-8-4-5-11(10-18)17-2/h6-7,9,11,17H,3-5,8,10H2,1-2H3. The molecule has 0 aromatic heterocycles. The molecule has 1 aliphatic heterocycles. The first-order valence-corrected chi connectivity index (χ1v) is 9.03. The smallest absolute Gasteiger partial charge is 0.256 e. The number of halogens is 1. The van der Waals surface area contributed by atoms with E-state index in [1.54, 1.807) is 4.90 Å². The Hall–Kier alpha value is -1.47. The van der Waals surface area contributed by atoms with E-state index in [9.17, 15) is 17.6 Å². The van der Waals surface area contributed by atoms with E-state index in [1.165, 1.54) is 13.0 Å². The second-order valence-corrected chi connectivity index (χ2v) is 7.70. The molecule has 0 bridgehead atoms. The fourth-order valence-corrected chi connectivity index (χ4v) is 3.50. The number of rotatable bonds is 4. The second kappa shape index (κ2) is 6.75. The summed E-state index contributed by atoms with van der Waals surface area (Å²) in [5.74, 6) is -1.23. The number of carbonyl (C=O) groups excluding carboxylic acids is 1. The van der Waals surface area contributed by atoms with Crippen molar-refractivity contribution in [2.24, 2.45) is 0 Å². The van der Waals surface area contributed by atoms with E-state index in [1.807, 2.05) is 7.05 Å². The summed E-state index contributed by atoms with van der Waals surface area (Å²) in [6, 6.07) is 3.59. The van der Waals surface area contributed by atoms with Gasteiger partial charge in [0.2, 0.25) is 0 Å². The van der Waals surface area contributed by atoms with Crippen LogP contribution in [-0.4, -0.2) is 51.2 Å². The van der Waals surface area contributed by atoms with Crippen molar-refractivity contribution in [2.75, 3.05) is 25.9 Å². The molecular formula is C15H21FN2O3S. The minimum absolute atomic E-state index is 0.0121. The SMILES string of the molecule is CCS(=O)(=O)c1ccc(F)c(C(=O)N2CCCC(NC)C2)c1. The van der Waals surface area contributed by atoms with E-state index in [0.717, 1.165) is 25.0 Å². The zero-order valence-corrected chi connectivity index (χ0v) is 13.6. The lowest BCUT2D eigenvalue weighted by molar-refractivity contribution is 0.0693. The van der Waals surface area contributed by atoms with Gasteiger partial charge in [-0.3, -0.25) is 4.79 Å². The van der Waals surface area contributed by atoms with Gasteiger partial charge in [0.25, 0.3) is 5.91 Å². The zero-order valence-electron chi connectivity index (χ0n) is 12.8. The number of piperidine rings is 1. The van der Waals surface area contributed by atoms with Crippen molar-refractivity contribution < 1.29 is 17.6 Å². The summed E-state index contributed by atoms with van der Waals surface area (Å²) < 4.78 is 37.8. The number of amides is 1. The third kappa shape index (κ3) is 3.47. The molecule has 1 saturated heterocycles. The van der Waals surface area contributed by atoms with Gasteiger partial charge in [-0.2, -0.15) is 0 Å². The molecule has 1 unspecified atom stereocenters.